The quantitative estimate of drug-likeness (QED) is 0.141. The van der Waals surface area contributed by atoms with Crippen molar-refractivity contribution in [1.29, 1.82) is 0 Å². The Kier molecular flexibility index (Phi) is 8.60. The van der Waals surface area contributed by atoms with E-state index in [1.165, 1.54) is 88.2 Å². The molecule has 0 N–H and O–H groups in total. The average Bonchev–Trinajstić information content (AvgIpc) is 4.18. The maximum atomic E-state index is 2.48. The largest absolute Gasteiger partial charge is 0.310 e. The van der Waals surface area contributed by atoms with Crippen LogP contribution >= 0.6 is 0 Å². The highest BCUT2D eigenvalue weighted by molar-refractivity contribution is 6.22. The van der Waals surface area contributed by atoms with E-state index in [0.717, 1.165) is 35.6 Å². The molecule has 2 heteroatoms. The van der Waals surface area contributed by atoms with Crippen LogP contribution in [0.2, 0.25) is 0 Å². The number of rotatable bonds is 8. The third-order valence-corrected chi connectivity index (χ3v) is 14.0. The Balaban J connectivity index is 0.930. The molecule has 306 valence electrons. The molecule has 0 radical (unpaired) electrons. The van der Waals surface area contributed by atoms with Gasteiger partial charge in [-0.15, -0.1) is 0 Å². The van der Waals surface area contributed by atoms with E-state index in [1.54, 1.807) is 0 Å². The molecule has 11 aromatic carbocycles. The smallest absolute Gasteiger partial charge is 0.0618 e. The van der Waals surface area contributed by atoms with Gasteiger partial charge in [0.2, 0.25) is 0 Å². The van der Waals surface area contributed by atoms with Gasteiger partial charge in [-0.3, -0.25) is 0 Å². The lowest BCUT2D eigenvalue weighted by Crippen LogP contribution is -2.17. The van der Waals surface area contributed by atoms with Crippen LogP contribution in [-0.2, 0) is 5.41 Å². The molecule has 65 heavy (non-hydrogen) atoms. The Bertz CT molecular complexity index is 3440. The van der Waals surface area contributed by atoms with Crippen molar-refractivity contribution in [2.24, 2.45) is 0 Å². The van der Waals surface area contributed by atoms with Crippen LogP contribution in [0.4, 0.5) is 34.1 Å². The van der Waals surface area contributed by atoms with Crippen molar-refractivity contribution in [2.75, 3.05) is 9.80 Å². The van der Waals surface area contributed by atoms with Gasteiger partial charge in [-0.05, 0) is 140 Å². The van der Waals surface area contributed by atoms with Gasteiger partial charge >= 0.3 is 0 Å². The summed E-state index contributed by atoms with van der Waals surface area (Å²) >= 11 is 0. The second-order valence-electron chi connectivity index (χ2n) is 17.6. The first-order chi connectivity index (χ1) is 32.2. The summed E-state index contributed by atoms with van der Waals surface area (Å²) in [5.74, 6) is 0. The Labute approximate surface area is 379 Å². The molecule has 0 amide bonds. The van der Waals surface area contributed by atoms with Gasteiger partial charge in [0.25, 0.3) is 0 Å². The summed E-state index contributed by atoms with van der Waals surface area (Å²) in [5.41, 5.74) is 17.6. The molecule has 1 saturated carbocycles. The summed E-state index contributed by atoms with van der Waals surface area (Å²) in [6.45, 7) is 0. The van der Waals surface area contributed by atoms with Crippen LogP contribution in [0.1, 0.15) is 24.0 Å². The number of hydrogen-bond donors (Lipinski definition) is 0. The average molecular weight is 829 g/mol. The molecule has 0 heterocycles. The lowest BCUT2D eigenvalue weighted by molar-refractivity contribution is 0.853. The Morgan fingerprint density at radius 1 is 0.292 bits per heavy atom. The summed E-state index contributed by atoms with van der Waals surface area (Å²) in [4.78, 5) is 4.81. The van der Waals surface area contributed by atoms with Gasteiger partial charge in [-0.2, -0.15) is 0 Å². The monoisotopic (exact) mass is 828 g/mol. The molecule has 2 aliphatic rings. The molecule has 2 nitrogen and oxygen atoms in total. The minimum atomic E-state index is 0.0181. The van der Waals surface area contributed by atoms with Gasteiger partial charge in [-0.1, -0.05) is 182 Å². The van der Waals surface area contributed by atoms with Gasteiger partial charge in [-0.25, -0.2) is 0 Å². The van der Waals surface area contributed by atoms with Crippen molar-refractivity contribution < 1.29 is 0 Å². The molecule has 0 aliphatic heterocycles. The highest BCUT2D eigenvalue weighted by atomic mass is 15.1. The van der Waals surface area contributed by atoms with Crippen LogP contribution in [0.5, 0.6) is 0 Å². The third-order valence-electron chi connectivity index (χ3n) is 14.0. The lowest BCUT2D eigenvalue weighted by Gasteiger charge is -2.32. The summed E-state index contributed by atoms with van der Waals surface area (Å²) in [5, 5.41) is 7.64. The minimum absolute atomic E-state index is 0.0181. The maximum Gasteiger partial charge on any atom is 0.0618 e. The van der Waals surface area contributed by atoms with E-state index in [0.29, 0.717) is 0 Å². The fraction of sp³-hybridized carbons (Fsp3) is 0.0476. The van der Waals surface area contributed by atoms with E-state index in [4.69, 9.17) is 0 Å². The van der Waals surface area contributed by atoms with Crippen molar-refractivity contribution >= 4 is 66.4 Å². The predicted molar refractivity (Wildman–Crippen MR) is 275 cm³/mol. The van der Waals surface area contributed by atoms with E-state index < -0.39 is 0 Å². The number of fused-ring (bicyclic) bond motifs is 6. The highest BCUT2D eigenvalue weighted by Crippen LogP contribution is 2.62. The van der Waals surface area contributed by atoms with Gasteiger partial charge in [0.15, 0.2) is 0 Å². The minimum Gasteiger partial charge on any atom is -0.310 e. The van der Waals surface area contributed by atoms with Crippen LogP contribution in [0, 0.1) is 0 Å². The molecule has 0 saturated heterocycles. The van der Waals surface area contributed by atoms with Crippen LogP contribution in [0.15, 0.2) is 243 Å². The molecule has 1 fully saturated rings. The molecule has 0 atom stereocenters. The van der Waals surface area contributed by atoms with Crippen molar-refractivity contribution in [1.82, 2.24) is 0 Å². The van der Waals surface area contributed by atoms with Gasteiger partial charge in [0, 0.05) is 44.6 Å². The third kappa shape index (κ3) is 5.95. The number of para-hydroxylation sites is 4. The number of nitrogens with zero attached hydrogens (tertiary/aromatic N) is 2. The van der Waals surface area contributed by atoms with Crippen LogP contribution in [-0.4, -0.2) is 0 Å². The summed E-state index contributed by atoms with van der Waals surface area (Å²) in [6, 6.07) is 89.2. The van der Waals surface area contributed by atoms with Crippen LogP contribution in [0.25, 0.3) is 65.7 Å². The standard InChI is InChI=1S/C63H44N2/c1-5-18-45(19-6-1)64(46-20-7-2-8-21-46)49-36-37-51-53-31-17-30-52-50(38-39-58(61(52)53)63(40-41-63)59(51)42-49)43-32-34-44(35-33-43)60-54-26-13-15-28-56(54)62(57-29-16-14-27-55(57)60)65(47-22-9-3-10-23-47)48-24-11-4-12-25-48/h1-39,42H,40-41H2. The normalized spacial score (nSPS) is 13.2. The second-order valence-corrected chi connectivity index (χ2v) is 17.6. The Morgan fingerprint density at radius 2 is 0.754 bits per heavy atom. The molecule has 1 spiro atoms. The van der Waals surface area contributed by atoms with Crippen molar-refractivity contribution in [3.8, 4) is 33.4 Å². The molecule has 13 rings (SSSR count). The predicted octanol–water partition coefficient (Wildman–Crippen LogP) is 17.5. The van der Waals surface area contributed by atoms with E-state index in [9.17, 15) is 0 Å². The van der Waals surface area contributed by atoms with E-state index in [1.807, 2.05) is 0 Å². The first-order valence-electron chi connectivity index (χ1n) is 22.8. The number of benzene rings is 11. The first-order valence-corrected chi connectivity index (χ1v) is 22.8. The van der Waals surface area contributed by atoms with Gasteiger partial charge < -0.3 is 9.80 Å². The summed E-state index contributed by atoms with van der Waals surface area (Å²) in [6.07, 6.45) is 2.32. The zero-order valence-corrected chi connectivity index (χ0v) is 35.9. The summed E-state index contributed by atoms with van der Waals surface area (Å²) in [7, 11) is 0. The molecule has 0 bridgehead atoms. The topological polar surface area (TPSA) is 6.48 Å². The maximum absolute atomic E-state index is 2.48. The lowest BCUT2D eigenvalue weighted by atomic mass is 9.73. The molecular formula is C63H44N2. The molecule has 0 aromatic heterocycles. The molecule has 0 unspecified atom stereocenters. The van der Waals surface area contributed by atoms with Crippen molar-refractivity contribution in [3.63, 3.8) is 0 Å². The Morgan fingerprint density at radius 3 is 1.29 bits per heavy atom. The zero-order chi connectivity index (χ0) is 42.9. The van der Waals surface area contributed by atoms with Crippen LogP contribution in [0.3, 0.4) is 0 Å². The molecular weight excluding hydrogens is 785 g/mol. The van der Waals surface area contributed by atoms with E-state index >= 15 is 0 Å². The number of anilines is 6. The van der Waals surface area contributed by atoms with Crippen molar-refractivity contribution in [2.45, 2.75) is 18.3 Å². The fourth-order valence-electron chi connectivity index (χ4n) is 11.0. The zero-order valence-electron chi connectivity index (χ0n) is 35.9. The van der Waals surface area contributed by atoms with Crippen LogP contribution < -0.4 is 9.80 Å². The number of hydrogen-bond acceptors (Lipinski definition) is 2. The first kappa shape index (κ1) is 37.4. The summed E-state index contributed by atoms with van der Waals surface area (Å²) < 4.78 is 0. The Hall–Kier alpha value is -8.20. The second kappa shape index (κ2) is 15.0. The van der Waals surface area contributed by atoms with Gasteiger partial charge in [0.05, 0.1) is 5.69 Å². The van der Waals surface area contributed by atoms with Crippen molar-refractivity contribution in [3.05, 3.63) is 254 Å². The fourth-order valence-corrected chi connectivity index (χ4v) is 11.0. The van der Waals surface area contributed by atoms with Gasteiger partial charge in [0.1, 0.15) is 0 Å². The van der Waals surface area contributed by atoms with E-state index in [-0.39, 0.29) is 5.41 Å². The van der Waals surface area contributed by atoms with E-state index in [2.05, 4.69) is 252 Å². The SMILES string of the molecule is c1ccc(N(c2ccccc2)c2ccc3c(c2)C2(CC2)c2ccc(-c4ccc(-c5c6ccccc6c(N(c6ccccc6)c6ccccc6)c6ccccc56)cc4)c4cccc-3c24)cc1. The molecule has 11 aromatic rings. The molecule has 2 aliphatic carbocycles. The highest BCUT2D eigenvalue weighted by Gasteiger charge is 2.50.